The average molecular weight is 392 g/mol. The van der Waals surface area contributed by atoms with Crippen molar-refractivity contribution in [2.75, 3.05) is 39.8 Å². The van der Waals surface area contributed by atoms with Crippen LogP contribution in [0, 0.1) is 0 Å². The Balaban J connectivity index is 2.26. The number of benzene rings is 1. The van der Waals surface area contributed by atoms with Crippen LogP contribution >= 0.6 is 12.2 Å². The number of ether oxygens (including phenoxy) is 1. The summed E-state index contributed by atoms with van der Waals surface area (Å²) in [7, 11) is 1.82. The molecule has 0 fully saturated rings. The lowest BCUT2D eigenvalue weighted by molar-refractivity contribution is -0.895. The molecule has 0 saturated heterocycles. The second kappa shape index (κ2) is 10.3. The number of fused-ring (bicyclic) bond motifs is 1. The smallest absolute Gasteiger partial charge is 0.253 e. The zero-order valence-electron chi connectivity index (χ0n) is 16.7. The van der Waals surface area contributed by atoms with Crippen molar-refractivity contribution in [1.29, 1.82) is 0 Å². The van der Waals surface area contributed by atoms with Gasteiger partial charge in [-0.2, -0.15) is 0 Å². The topological polar surface area (TPSA) is 61.8 Å². The molecule has 1 aromatic heterocycles. The molecule has 7 heteroatoms. The molecule has 0 aliphatic rings. The molecule has 0 bridgehead atoms. The first kappa shape index (κ1) is 21.2. The molecule has 0 amide bonds. The lowest BCUT2D eigenvalue weighted by Crippen LogP contribution is -3.12. The molecular formula is C20H31N4O2S+. The zero-order valence-corrected chi connectivity index (χ0v) is 17.5. The Kier molecular flexibility index (Phi) is 8.06. The largest absolute Gasteiger partial charge is 0.494 e. The third-order valence-corrected chi connectivity index (χ3v) is 5.26. The summed E-state index contributed by atoms with van der Waals surface area (Å²) in [6.07, 6.45) is 0. The number of nitrogens with one attached hydrogen (secondary N) is 3. The van der Waals surface area contributed by atoms with Gasteiger partial charge in [-0.3, -0.25) is 4.79 Å². The number of pyridine rings is 1. The van der Waals surface area contributed by atoms with Crippen molar-refractivity contribution in [3.8, 4) is 5.75 Å². The predicted octanol–water partition coefficient (Wildman–Crippen LogP) is 1.16. The van der Waals surface area contributed by atoms with Crippen LogP contribution in [0.1, 0.15) is 26.3 Å². The van der Waals surface area contributed by atoms with E-state index in [0.29, 0.717) is 23.8 Å². The fraction of sp³-hybridized carbons (Fsp3) is 0.500. The van der Waals surface area contributed by atoms with Gasteiger partial charge in [0.2, 0.25) is 0 Å². The molecule has 27 heavy (non-hydrogen) atoms. The van der Waals surface area contributed by atoms with Crippen molar-refractivity contribution in [2.45, 2.75) is 27.3 Å². The van der Waals surface area contributed by atoms with E-state index in [1.807, 2.05) is 38.2 Å². The Bertz CT molecular complexity index is 817. The maximum absolute atomic E-state index is 12.6. The molecule has 2 aromatic rings. The Labute approximate surface area is 166 Å². The van der Waals surface area contributed by atoms with Crippen LogP contribution < -0.4 is 20.5 Å². The van der Waals surface area contributed by atoms with E-state index >= 15 is 0 Å². The fourth-order valence-electron chi connectivity index (χ4n) is 3.12. The van der Waals surface area contributed by atoms with E-state index in [2.05, 4.69) is 29.0 Å². The molecule has 2 rings (SSSR count). The average Bonchev–Trinajstić information content (AvgIpc) is 2.68. The highest BCUT2D eigenvalue weighted by Crippen LogP contribution is 2.19. The number of aromatic amines is 1. The Morgan fingerprint density at radius 1 is 1.26 bits per heavy atom. The van der Waals surface area contributed by atoms with E-state index in [1.165, 1.54) is 4.90 Å². The van der Waals surface area contributed by atoms with Crippen LogP contribution in [0.15, 0.2) is 29.1 Å². The first-order valence-corrected chi connectivity index (χ1v) is 10.0. The maximum Gasteiger partial charge on any atom is 0.253 e. The third-order valence-electron chi connectivity index (χ3n) is 4.80. The lowest BCUT2D eigenvalue weighted by Gasteiger charge is -2.26. The van der Waals surface area contributed by atoms with Crippen LogP contribution in [-0.4, -0.2) is 54.8 Å². The van der Waals surface area contributed by atoms with Crippen molar-refractivity contribution in [1.82, 2.24) is 15.2 Å². The number of likely N-dealkylation sites (N-methyl/N-ethyl adjacent to an activating group) is 1. The lowest BCUT2D eigenvalue weighted by atomic mass is 10.1. The molecule has 1 heterocycles. The minimum Gasteiger partial charge on any atom is -0.494 e. The Morgan fingerprint density at radius 2 is 2.00 bits per heavy atom. The summed E-state index contributed by atoms with van der Waals surface area (Å²) in [6, 6.07) is 7.65. The summed E-state index contributed by atoms with van der Waals surface area (Å²) in [5.41, 5.74) is 1.43. The summed E-state index contributed by atoms with van der Waals surface area (Å²) < 4.78 is 5.57. The molecule has 3 N–H and O–H groups in total. The normalized spacial score (nSPS) is 11.0. The molecule has 0 spiro atoms. The molecule has 0 saturated carbocycles. The number of H-pyrrole nitrogens is 1. The number of nitrogens with zero attached hydrogens (tertiary/aromatic N) is 1. The van der Waals surface area contributed by atoms with Crippen LogP contribution in [0.2, 0.25) is 0 Å². The van der Waals surface area contributed by atoms with E-state index in [0.717, 1.165) is 42.8 Å². The summed E-state index contributed by atoms with van der Waals surface area (Å²) >= 11 is 5.47. The van der Waals surface area contributed by atoms with Crippen LogP contribution in [0.25, 0.3) is 10.9 Å². The van der Waals surface area contributed by atoms with Gasteiger partial charge in [0.1, 0.15) is 5.75 Å². The van der Waals surface area contributed by atoms with Crippen molar-refractivity contribution < 1.29 is 9.64 Å². The molecule has 0 aliphatic heterocycles. The van der Waals surface area contributed by atoms with E-state index in [1.54, 1.807) is 0 Å². The number of hydrogen-bond donors (Lipinski definition) is 3. The molecule has 0 radical (unpaired) electrons. The number of thiocarbonyl (C=S) groups is 1. The van der Waals surface area contributed by atoms with Crippen LogP contribution in [0.3, 0.4) is 0 Å². The van der Waals surface area contributed by atoms with Gasteiger partial charge in [0, 0.05) is 23.5 Å². The van der Waals surface area contributed by atoms with Crippen molar-refractivity contribution >= 4 is 28.2 Å². The van der Waals surface area contributed by atoms with Crippen LogP contribution in [0.4, 0.5) is 0 Å². The third kappa shape index (κ3) is 5.68. The van der Waals surface area contributed by atoms with Crippen LogP contribution in [-0.2, 0) is 6.54 Å². The highest BCUT2D eigenvalue weighted by Gasteiger charge is 2.15. The SMILES string of the molecule is CCOc1ccc2[nH]c(=O)c(CN(CC[NH+](CC)CC)C(=S)NC)cc2c1. The highest BCUT2D eigenvalue weighted by molar-refractivity contribution is 7.80. The predicted molar refractivity (Wildman–Crippen MR) is 115 cm³/mol. The second-order valence-corrected chi connectivity index (χ2v) is 6.88. The second-order valence-electron chi connectivity index (χ2n) is 6.49. The number of quaternary nitrogens is 1. The Morgan fingerprint density at radius 3 is 2.63 bits per heavy atom. The summed E-state index contributed by atoms with van der Waals surface area (Å²) in [6.45, 7) is 11.3. The summed E-state index contributed by atoms with van der Waals surface area (Å²) in [5, 5.41) is 4.66. The van der Waals surface area contributed by atoms with E-state index in [9.17, 15) is 4.79 Å². The van der Waals surface area contributed by atoms with E-state index < -0.39 is 0 Å². The first-order valence-electron chi connectivity index (χ1n) is 9.61. The standard InChI is InChI=1S/C20H30N4O2S/c1-5-23(6-2)10-11-24(20(27)21-4)14-16-12-15-13-17(26-7-3)8-9-18(15)22-19(16)25/h8-9,12-13H,5-7,10-11,14H2,1-4H3,(H,21,27)(H,22,25)/p+1. The first-order chi connectivity index (χ1) is 13.0. The van der Waals surface area contributed by atoms with Gasteiger partial charge in [-0.25, -0.2) is 0 Å². The van der Waals surface area contributed by atoms with Gasteiger partial charge in [-0.15, -0.1) is 0 Å². The minimum absolute atomic E-state index is 0.0780. The van der Waals surface area contributed by atoms with Gasteiger partial charge < -0.3 is 24.8 Å². The molecule has 0 unspecified atom stereocenters. The molecule has 148 valence electrons. The number of hydrogen-bond acceptors (Lipinski definition) is 3. The van der Waals surface area contributed by atoms with Crippen molar-refractivity contribution in [3.05, 3.63) is 40.2 Å². The molecule has 6 nitrogen and oxygen atoms in total. The summed E-state index contributed by atoms with van der Waals surface area (Å²) in [4.78, 5) is 19.1. The molecule has 0 aliphatic carbocycles. The Hall–Kier alpha value is -2.12. The van der Waals surface area contributed by atoms with Crippen molar-refractivity contribution in [3.63, 3.8) is 0 Å². The van der Waals surface area contributed by atoms with Crippen molar-refractivity contribution in [2.24, 2.45) is 0 Å². The van der Waals surface area contributed by atoms with E-state index in [4.69, 9.17) is 17.0 Å². The highest BCUT2D eigenvalue weighted by atomic mass is 32.1. The van der Waals surface area contributed by atoms with Gasteiger partial charge in [0.05, 0.1) is 39.3 Å². The van der Waals surface area contributed by atoms with Crippen LogP contribution in [0.5, 0.6) is 5.75 Å². The molecule has 1 aromatic carbocycles. The quantitative estimate of drug-likeness (QED) is 0.560. The molecule has 0 atom stereocenters. The minimum atomic E-state index is -0.0780. The van der Waals surface area contributed by atoms with Gasteiger partial charge in [0.15, 0.2) is 5.11 Å². The molecular weight excluding hydrogens is 360 g/mol. The van der Waals surface area contributed by atoms with Gasteiger partial charge in [-0.05, 0) is 57.3 Å². The van der Waals surface area contributed by atoms with Gasteiger partial charge in [0.25, 0.3) is 5.56 Å². The number of aromatic nitrogens is 1. The van der Waals surface area contributed by atoms with Gasteiger partial charge in [-0.1, -0.05) is 0 Å². The maximum atomic E-state index is 12.6. The zero-order chi connectivity index (χ0) is 19.8. The van der Waals surface area contributed by atoms with Gasteiger partial charge >= 0.3 is 0 Å². The summed E-state index contributed by atoms with van der Waals surface area (Å²) in [5.74, 6) is 0.802. The number of rotatable bonds is 9. The fourth-order valence-corrected chi connectivity index (χ4v) is 3.27. The van der Waals surface area contributed by atoms with E-state index in [-0.39, 0.29) is 5.56 Å². The monoisotopic (exact) mass is 391 g/mol.